The number of nitrogens with one attached hydrogen (secondary N) is 3. The average Bonchev–Trinajstić information content (AvgIpc) is 2.58. The van der Waals surface area contributed by atoms with Crippen molar-refractivity contribution in [3.05, 3.63) is 29.8 Å². The summed E-state index contributed by atoms with van der Waals surface area (Å²) in [5, 5.41) is 9.21. The van der Waals surface area contributed by atoms with Crippen molar-refractivity contribution < 1.29 is 14.3 Å². The molecule has 8 heteroatoms. The van der Waals surface area contributed by atoms with Gasteiger partial charge in [-0.05, 0) is 51.8 Å². The van der Waals surface area contributed by atoms with Crippen molar-refractivity contribution in [2.45, 2.75) is 46.3 Å². The number of rotatable bonds is 8. The lowest BCUT2D eigenvalue weighted by Gasteiger charge is -2.19. The molecular weight excluding hydrogens is 459 g/mol. The number of methoxy groups -OCH3 is 1. The highest BCUT2D eigenvalue weighted by Gasteiger charge is 2.15. The van der Waals surface area contributed by atoms with E-state index in [4.69, 9.17) is 9.47 Å². The van der Waals surface area contributed by atoms with Crippen molar-refractivity contribution in [1.29, 1.82) is 0 Å². The fourth-order valence-electron chi connectivity index (χ4n) is 2.04. The molecule has 0 spiro atoms. The van der Waals surface area contributed by atoms with E-state index in [1.54, 1.807) is 7.11 Å². The predicted octanol–water partition coefficient (Wildman–Crippen LogP) is 3.28. The van der Waals surface area contributed by atoms with E-state index < -0.39 is 11.7 Å². The van der Waals surface area contributed by atoms with Crippen molar-refractivity contribution in [3.63, 3.8) is 0 Å². The summed E-state index contributed by atoms with van der Waals surface area (Å²) in [4.78, 5) is 16.1. The molecule has 0 aliphatic rings. The largest absolute Gasteiger partial charge is 0.497 e. The van der Waals surface area contributed by atoms with Gasteiger partial charge in [-0.3, -0.25) is 0 Å². The standard InChI is InChI=1S/C19H32N4O3.HI/c1-6-20-17(23-14-15-8-10-16(25-5)11-9-15)21-12-7-13-22-18(24)26-19(2,3)4;/h8-11H,6-7,12-14H2,1-5H3,(H,22,24)(H2,20,21,23);1H. The van der Waals surface area contributed by atoms with Gasteiger partial charge in [0.2, 0.25) is 0 Å². The maximum absolute atomic E-state index is 11.6. The molecule has 0 bridgehead atoms. The van der Waals surface area contributed by atoms with Gasteiger partial charge in [0.05, 0.1) is 13.7 Å². The number of ether oxygens (including phenoxy) is 2. The second kappa shape index (κ2) is 13.5. The molecule has 0 radical (unpaired) electrons. The van der Waals surface area contributed by atoms with Crippen LogP contribution < -0.4 is 20.7 Å². The lowest BCUT2D eigenvalue weighted by atomic mass is 10.2. The molecule has 0 aliphatic carbocycles. The highest BCUT2D eigenvalue weighted by atomic mass is 127. The van der Waals surface area contributed by atoms with E-state index in [1.165, 1.54) is 0 Å². The molecule has 7 nitrogen and oxygen atoms in total. The molecule has 1 aromatic carbocycles. The lowest BCUT2D eigenvalue weighted by molar-refractivity contribution is 0.0527. The highest BCUT2D eigenvalue weighted by Crippen LogP contribution is 2.11. The van der Waals surface area contributed by atoms with Crippen LogP contribution in [-0.4, -0.2) is 44.4 Å². The number of guanidine groups is 1. The first-order valence-electron chi connectivity index (χ1n) is 8.96. The molecular formula is C19H33IN4O3. The second-order valence-corrected chi connectivity index (χ2v) is 6.75. The van der Waals surface area contributed by atoms with Gasteiger partial charge in [-0.1, -0.05) is 12.1 Å². The third-order valence-corrected chi connectivity index (χ3v) is 3.24. The van der Waals surface area contributed by atoms with Crippen LogP contribution in [0, 0.1) is 0 Å². The van der Waals surface area contributed by atoms with Crippen molar-refractivity contribution in [1.82, 2.24) is 16.0 Å². The molecule has 1 amide bonds. The molecule has 0 heterocycles. The number of aliphatic imine (C=N–C) groups is 1. The van der Waals surface area contributed by atoms with Crippen molar-refractivity contribution in [2.75, 3.05) is 26.7 Å². The molecule has 0 aliphatic heterocycles. The van der Waals surface area contributed by atoms with Crippen LogP contribution in [0.5, 0.6) is 5.75 Å². The number of hydrogen-bond acceptors (Lipinski definition) is 4. The third-order valence-electron chi connectivity index (χ3n) is 3.24. The number of alkyl carbamates (subject to hydrolysis) is 1. The zero-order valence-corrected chi connectivity index (χ0v) is 19.3. The van der Waals surface area contributed by atoms with E-state index in [9.17, 15) is 4.79 Å². The quantitative estimate of drug-likeness (QED) is 0.225. The minimum absolute atomic E-state index is 0. The Labute approximate surface area is 179 Å². The smallest absolute Gasteiger partial charge is 0.407 e. The third kappa shape index (κ3) is 12.3. The molecule has 1 rings (SSSR count). The summed E-state index contributed by atoms with van der Waals surface area (Å²) in [6.45, 7) is 10.2. The molecule has 27 heavy (non-hydrogen) atoms. The van der Waals surface area contributed by atoms with Crippen LogP contribution in [0.25, 0.3) is 0 Å². The average molecular weight is 492 g/mol. The first-order valence-corrected chi connectivity index (χ1v) is 8.96. The number of hydrogen-bond donors (Lipinski definition) is 3. The monoisotopic (exact) mass is 492 g/mol. The zero-order valence-electron chi connectivity index (χ0n) is 16.9. The van der Waals surface area contributed by atoms with Crippen LogP contribution in [0.1, 0.15) is 39.7 Å². The van der Waals surface area contributed by atoms with Crippen LogP contribution >= 0.6 is 24.0 Å². The van der Waals surface area contributed by atoms with Gasteiger partial charge < -0.3 is 25.4 Å². The Bertz CT molecular complexity index is 571. The van der Waals surface area contributed by atoms with Gasteiger partial charge in [-0.15, -0.1) is 24.0 Å². The number of carbonyl (C=O) groups excluding carboxylic acids is 1. The summed E-state index contributed by atoms with van der Waals surface area (Å²) in [5.74, 6) is 1.58. The van der Waals surface area contributed by atoms with Gasteiger partial charge >= 0.3 is 6.09 Å². The fraction of sp³-hybridized carbons (Fsp3) is 0.579. The SMILES string of the molecule is CCNC(=NCc1ccc(OC)cc1)NCCCNC(=O)OC(C)(C)C.I. The van der Waals surface area contributed by atoms with Crippen LogP contribution in [0.4, 0.5) is 4.79 Å². The van der Waals surface area contributed by atoms with Crippen molar-refractivity contribution in [3.8, 4) is 5.75 Å². The van der Waals surface area contributed by atoms with E-state index in [-0.39, 0.29) is 24.0 Å². The van der Waals surface area contributed by atoms with Gasteiger partial charge in [0, 0.05) is 19.6 Å². The van der Waals surface area contributed by atoms with E-state index in [0.717, 1.165) is 30.2 Å². The Kier molecular flexibility index (Phi) is 12.6. The number of nitrogens with zero attached hydrogens (tertiary/aromatic N) is 1. The normalized spacial score (nSPS) is 11.2. The number of amides is 1. The maximum Gasteiger partial charge on any atom is 0.407 e. The molecule has 3 N–H and O–H groups in total. The van der Waals surface area contributed by atoms with E-state index in [2.05, 4.69) is 20.9 Å². The van der Waals surface area contributed by atoms with E-state index >= 15 is 0 Å². The predicted molar refractivity (Wildman–Crippen MR) is 120 cm³/mol. The molecule has 1 aromatic rings. The fourth-order valence-corrected chi connectivity index (χ4v) is 2.04. The summed E-state index contributed by atoms with van der Waals surface area (Å²) < 4.78 is 10.3. The first-order chi connectivity index (χ1) is 12.3. The Balaban J connectivity index is 0.00000676. The molecule has 0 saturated carbocycles. The van der Waals surface area contributed by atoms with Crippen LogP contribution in [-0.2, 0) is 11.3 Å². The number of carbonyl (C=O) groups is 1. The molecule has 154 valence electrons. The molecule has 0 saturated heterocycles. The Morgan fingerprint density at radius 2 is 1.70 bits per heavy atom. The summed E-state index contributed by atoms with van der Waals surface area (Å²) in [6, 6.07) is 7.84. The van der Waals surface area contributed by atoms with E-state index in [0.29, 0.717) is 19.6 Å². The maximum atomic E-state index is 11.6. The first kappa shape index (κ1) is 25.3. The summed E-state index contributed by atoms with van der Waals surface area (Å²) in [5.41, 5.74) is 0.629. The Morgan fingerprint density at radius 3 is 2.26 bits per heavy atom. The van der Waals surface area contributed by atoms with Gasteiger partial charge in [-0.25, -0.2) is 9.79 Å². The lowest BCUT2D eigenvalue weighted by Crippen LogP contribution is -2.39. The number of benzene rings is 1. The van der Waals surface area contributed by atoms with Crippen molar-refractivity contribution in [2.24, 2.45) is 4.99 Å². The zero-order chi connectivity index (χ0) is 19.4. The second-order valence-electron chi connectivity index (χ2n) is 6.75. The van der Waals surface area contributed by atoms with Crippen LogP contribution in [0.3, 0.4) is 0 Å². The highest BCUT2D eigenvalue weighted by molar-refractivity contribution is 14.0. The van der Waals surface area contributed by atoms with Crippen LogP contribution in [0.15, 0.2) is 29.3 Å². The summed E-state index contributed by atoms with van der Waals surface area (Å²) in [7, 11) is 1.65. The topological polar surface area (TPSA) is 84.0 Å². The molecule has 0 atom stereocenters. The van der Waals surface area contributed by atoms with Crippen molar-refractivity contribution >= 4 is 36.0 Å². The molecule has 0 unspecified atom stereocenters. The van der Waals surface area contributed by atoms with Gasteiger partial charge in [-0.2, -0.15) is 0 Å². The minimum atomic E-state index is -0.478. The van der Waals surface area contributed by atoms with Gasteiger partial charge in [0.1, 0.15) is 11.4 Å². The Morgan fingerprint density at radius 1 is 1.07 bits per heavy atom. The van der Waals surface area contributed by atoms with Gasteiger partial charge in [0.15, 0.2) is 5.96 Å². The Hall–Kier alpha value is -1.71. The van der Waals surface area contributed by atoms with Crippen LogP contribution in [0.2, 0.25) is 0 Å². The minimum Gasteiger partial charge on any atom is -0.497 e. The van der Waals surface area contributed by atoms with E-state index in [1.807, 2.05) is 52.0 Å². The molecule has 0 fully saturated rings. The summed E-state index contributed by atoms with van der Waals surface area (Å²) in [6.07, 6.45) is 0.379. The summed E-state index contributed by atoms with van der Waals surface area (Å²) >= 11 is 0. The van der Waals surface area contributed by atoms with Gasteiger partial charge in [0.25, 0.3) is 0 Å². The number of halogens is 1. The molecule has 0 aromatic heterocycles.